The first-order valence-corrected chi connectivity index (χ1v) is 8.94. The van der Waals surface area contributed by atoms with Gasteiger partial charge < -0.3 is 9.30 Å². The molecule has 3 nitrogen and oxygen atoms in total. The number of carbonyl (C=O) groups excluding carboxylic acids is 1. The van der Waals surface area contributed by atoms with E-state index in [9.17, 15) is 4.79 Å². The number of methoxy groups -OCH3 is 1. The van der Waals surface area contributed by atoms with E-state index in [1.54, 1.807) is 0 Å². The van der Waals surface area contributed by atoms with Gasteiger partial charge in [-0.2, -0.15) is 0 Å². The molecule has 3 aromatic rings. The summed E-state index contributed by atoms with van der Waals surface area (Å²) < 4.78 is 7.16. The molecule has 0 aliphatic rings. The fourth-order valence-corrected chi connectivity index (χ4v) is 3.69. The lowest BCUT2D eigenvalue weighted by molar-refractivity contribution is 0.0601. The Kier molecular flexibility index (Phi) is 5.14. The van der Waals surface area contributed by atoms with Crippen LogP contribution in [0.15, 0.2) is 42.5 Å². The maximum atomic E-state index is 12.0. The van der Waals surface area contributed by atoms with Crippen LogP contribution in [0.4, 0.5) is 0 Å². The third-order valence-corrected chi connectivity index (χ3v) is 5.05. The number of ether oxygens (including phenoxy) is 1. The smallest absolute Gasteiger partial charge is 0.337 e. The summed E-state index contributed by atoms with van der Waals surface area (Å²) in [5.41, 5.74) is 5.32. The summed E-state index contributed by atoms with van der Waals surface area (Å²) in [5, 5.41) is 1.95. The Bertz CT molecular complexity index is 927. The van der Waals surface area contributed by atoms with Crippen LogP contribution in [-0.2, 0) is 24.1 Å². The predicted octanol–water partition coefficient (Wildman–Crippen LogP) is 5.25. The van der Waals surface area contributed by atoms with Crippen molar-refractivity contribution in [1.82, 2.24) is 4.57 Å². The number of fused-ring (bicyclic) bond motifs is 1. The van der Waals surface area contributed by atoms with Crippen LogP contribution in [0.1, 0.15) is 41.0 Å². The van der Waals surface area contributed by atoms with Gasteiger partial charge in [-0.05, 0) is 42.2 Å². The van der Waals surface area contributed by atoms with Gasteiger partial charge in [0.15, 0.2) is 0 Å². The highest BCUT2D eigenvalue weighted by molar-refractivity contribution is 6.31. The fraction of sp³-hybridized carbons (Fsp3) is 0.286. The van der Waals surface area contributed by atoms with Crippen molar-refractivity contribution in [2.24, 2.45) is 0 Å². The molecule has 1 aromatic heterocycles. The second-order valence-corrected chi connectivity index (χ2v) is 6.44. The molecule has 0 amide bonds. The predicted molar refractivity (Wildman–Crippen MR) is 103 cm³/mol. The molecule has 0 radical (unpaired) electrons. The van der Waals surface area contributed by atoms with Gasteiger partial charge in [0.25, 0.3) is 0 Å². The van der Waals surface area contributed by atoms with Crippen LogP contribution in [0.25, 0.3) is 10.9 Å². The molecule has 0 saturated heterocycles. The maximum Gasteiger partial charge on any atom is 0.337 e. The van der Waals surface area contributed by atoms with Gasteiger partial charge in [0, 0.05) is 28.2 Å². The SMILES string of the molecule is CCc1c(CC)n(Cc2ccccc2Cl)c2cc(C(=O)OC)ccc12. The van der Waals surface area contributed by atoms with Crippen LogP contribution in [0.5, 0.6) is 0 Å². The third kappa shape index (κ3) is 3.16. The van der Waals surface area contributed by atoms with Crippen molar-refractivity contribution >= 4 is 28.5 Å². The monoisotopic (exact) mass is 355 g/mol. The topological polar surface area (TPSA) is 31.2 Å². The summed E-state index contributed by atoms with van der Waals surface area (Å²) in [6.45, 7) is 5.02. The lowest BCUT2D eigenvalue weighted by atomic mass is 10.1. The van der Waals surface area contributed by atoms with Gasteiger partial charge in [0.1, 0.15) is 0 Å². The Morgan fingerprint density at radius 1 is 1.12 bits per heavy atom. The van der Waals surface area contributed by atoms with Crippen molar-refractivity contribution < 1.29 is 9.53 Å². The molecule has 25 heavy (non-hydrogen) atoms. The number of aromatic nitrogens is 1. The van der Waals surface area contributed by atoms with Crippen LogP contribution in [0.3, 0.4) is 0 Å². The number of benzene rings is 2. The van der Waals surface area contributed by atoms with E-state index in [0.29, 0.717) is 12.1 Å². The summed E-state index contributed by atoms with van der Waals surface area (Å²) in [7, 11) is 1.41. The van der Waals surface area contributed by atoms with Crippen LogP contribution >= 0.6 is 11.6 Å². The van der Waals surface area contributed by atoms with Crippen LogP contribution in [-0.4, -0.2) is 17.6 Å². The molecule has 0 saturated carbocycles. The quantitative estimate of drug-likeness (QED) is 0.585. The number of halogens is 1. The van der Waals surface area contributed by atoms with Gasteiger partial charge in [0.2, 0.25) is 0 Å². The van der Waals surface area contributed by atoms with E-state index < -0.39 is 0 Å². The molecule has 130 valence electrons. The zero-order valence-corrected chi connectivity index (χ0v) is 15.6. The average molecular weight is 356 g/mol. The van der Waals surface area contributed by atoms with Gasteiger partial charge in [-0.3, -0.25) is 0 Å². The standard InChI is InChI=1S/C21H22ClNO2/c1-4-16-17-11-10-14(21(24)25-3)12-20(17)23(19(16)5-2)13-15-8-6-7-9-18(15)22/h6-12H,4-5,13H2,1-3H3. The van der Waals surface area contributed by atoms with Gasteiger partial charge in [-0.1, -0.05) is 49.7 Å². The van der Waals surface area contributed by atoms with Gasteiger partial charge in [0.05, 0.1) is 12.7 Å². The molecule has 0 spiro atoms. The number of carbonyl (C=O) groups is 1. The number of nitrogens with zero attached hydrogens (tertiary/aromatic N) is 1. The lowest BCUT2D eigenvalue weighted by Crippen LogP contribution is -2.06. The zero-order chi connectivity index (χ0) is 18.0. The van der Waals surface area contributed by atoms with Crippen LogP contribution in [0, 0.1) is 0 Å². The van der Waals surface area contributed by atoms with Gasteiger partial charge in [-0.25, -0.2) is 4.79 Å². The molecule has 4 heteroatoms. The average Bonchev–Trinajstić information content (AvgIpc) is 2.94. The fourth-order valence-electron chi connectivity index (χ4n) is 3.50. The molecule has 0 aliphatic heterocycles. The minimum absolute atomic E-state index is 0.316. The number of aryl methyl sites for hydroxylation is 1. The Hall–Kier alpha value is -2.26. The zero-order valence-electron chi connectivity index (χ0n) is 14.8. The highest BCUT2D eigenvalue weighted by Gasteiger charge is 2.17. The van der Waals surface area contributed by atoms with Crippen molar-refractivity contribution in [3.63, 3.8) is 0 Å². The Morgan fingerprint density at radius 3 is 2.52 bits per heavy atom. The Labute approximate surface area is 153 Å². The van der Waals surface area contributed by atoms with Gasteiger partial charge >= 0.3 is 5.97 Å². The summed E-state index contributed by atoms with van der Waals surface area (Å²) >= 11 is 6.38. The van der Waals surface area contributed by atoms with Crippen molar-refractivity contribution in [3.8, 4) is 0 Å². The molecule has 0 aliphatic carbocycles. The summed E-state index contributed by atoms with van der Waals surface area (Å²) in [6, 6.07) is 13.7. The maximum absolute atomic E-state index is 12.0. The van der Waals surface area contributed by atoms with E-state index >= 15 is 0 Å². The molecule has 0 fully saturated rings. The van der Waals surface area contributed by atoms with Crippen LogP contribution in [0.2, 0.25) is 5.02 Å². The number of hydrogen-bond donors (Lipinski definition) is 0. The van der Waals surface area contributed by atoms with Crippen molar-refractivity contribution in [3.05, 3.63) is 69.9 Å². The second kappa shape index (κ2) is 7.32. The van der Waals surface area contributed by atoms with E-state index in [0.717, 1.165) is 28.9 Å². The molecule has 0 N–H and O–H groups in total. The molecule has 3 rings (SSSR count). The minimum Gasteiger partial charge on any atom is -0.465 e. The lowest BCUT2D eigenvalue weighted by Gasteiger charge is -2.12. The van der Waals surface area contributed by atoms with Crippen molar-refractivity contribution in [2.45, 2.75) is 33.2 Å². The number of esters is 1. The van der Waals surface area contributed by atoms with E-state index in [1.807, 2.05) is 42.5 Å². The van der Waals surface area contributed by atoms with Crippen LogP contribution < -0.4 is 0 Å². The molecular weight excluding hydrogens is 334 g/mol. The summed E-state index contributed by atoms with van der Waals surface area (Å²) in [6.07, 6.45) is 1.88. The molecule has 2 aromatic carbocycles. The normalized spacial score (nSPS) is 11.0. The molecular formula is C21H22ClNO2. The first-order chi connectivity index (χ1) is 12.1. The second-order valence-electron chi connectivity index (χ2n) is 6.03. The first-order valence-electron chi connectivity index (χ1n) is 8.56. The highest BCUT2D eigenvalue weighted by Crippen LogP contribution is 2.30. The molecule has 0 bridgehead atoms. The first kappa shape index (κ1) is 17.6. The number of rotatable bonds is 5. The van der Waals surface area contributed by atoms with Crippen molar-refractivity contribution in [1.29, 1.82) is 0 Å². The van der Waals surface area contributed by atoms with E-state index in [1.165, 1.54) is 23.8 Å². The van der Waals surface area contributed by atoms with E-state index in [-0.39, 0.29) is 5.97 Å². The summed E-state index contributed by atoms with van der Waals surface area (Å²) in [5.74, 6) is -0.316. The Morgan fingerprint density at radius 2 is 1.88 bits per heavy atom. The van der Waals surface area contributed by atoms with Gasteiger partial charge in [-0.15, -0.1) is 0 Å². The highest BCUT2D eigenvalue weighted by atomic mass is 35.5. The molecule has 1 heterocycles. The Balaban J connectivity index is 2.23. The van der Waals surface area contributed by atoms with E-state index in [2.05, 4.69) is 18.4 Å². The third-order valence-electron chi connectivity index (χ3n) is 4.68. The minimum atomic E-state index is -0.316. The molecule has 0 unspecified atom stereocenters. The number of hydrogen-bond acceptors (Lipinski definition) is 2. The van der Waals surface area contributed by atoms with E-state index in [4.69, 9.17) is 16.3 Å². The largest absolute Gasteiger partial charge is 0.465 e. The summed E-state index contributed by atoms with van der Waals surface area (Å²) in [4.78, 5) is 12.0. The van der Waals surface area contributed by atoms with Crippen molar-refractivity contribution in [2.75, 3.05) is 7.11 Å². The molecule has 0 atom stereocenters.